The van der Waals surface area contributed by atoms with Crippen molar-refractivity contribution in [3.63, 3.8) is 0 Å². The van der Waals surface area contributed by atoms with Crippen LogP contribution in [0.2, 0.25) is 0 Å². The van der Waals surface area contributed by atoms with Crippen LogP contribution in [0.3, 0.4) is 0 Å². The van der Waals surface area contributed by atoms with Gasteiger partial charge in [0.25, 0.3) is 0 Å². The van der Waals surface area contributed by atoms with E-state index >= 15 is 0 Å². The highest BCUT2D eigenvalue weighted by atomic mass is 16.3. The van der Waals surface area contributed by atoms with Gasteiger partial charge in [0.05, 0.1) is 12.7 Å². The van der Waals surface area contributed by atoms with Crippen LogP contribution in [0, 0.1) is 23.2 Å². The lowest BCUT2D eigenvalue weighted by atomic mass is 9.55. The Morgan fingerprint density at radius 2 is 2.00 bits per heavy atom. The van der Waals surface area contributed by atoms with E-state index in [1.54, 1.807) is 6.07 Å². The fourth-order valence-electron chi connectivity index (χ4n) is 7.24. The monoisotopic (exact) mass is 419 g/mol. The summed E-state index contributed by atoms with van der Waals surface area (Å²) in [5.74, 6) is 1.52. The molecule has 2 fully saturated rings. The predicted octanol–water partition coefficient (Wildman–Crippen LogP) is 3.96. The van der Waals surface area contributed by atoms with Crippen molar-refractivity contribution >= 4 is 5.91 Å². The molecule has 0 aromatic heterocycles. The Bertz CT molecular complexity index is 1000. The maximum Gasteiger partial charge on any atom is 0.248 e. The number of benzene rings is 2. The standard InChI is InChI=1S/C27H33NO3/c1-27-10-9-22-21-7-5-17(15-29)13-18(21)6-8-23(22)24(27)14-20(25(27)30)12-16-3-2-4-19(11-16)26(28)31/h2-5,7,11,13,20,22-25,29-30H,6,8-10,12,14-15H2,1H3,(H2,28,31)/t20-,22?,23?,24?,25-,27-/m0/s1. The van der Waals surface area contributed by atoms with E-state index in [-0.39, 0.29) is 24.0 Å². The summed E-state index contributed by atoms with van der Waals surface area (Å²) in [6, 6.07) is 14.1. The minimum atomic E-state index is -0.400. The molecule has 0 spiro atoms. The lowest BCUT2D eigenvalue weighted by Gasteiger charge is -2.50. The van der Waals surface area contributed by atoms with E-state index in [4.69, 9.17) is 5.73 Å². The van der Waals surface area contributed by atoms with E-state index in [9.17, 15) is 15.0 Å². The van der Waals surface area contributed by atoms with Crippen LogP contribution in [0.15, 0.2) is 42.5 Å². The molecule has 4 heteroatoms. The molecule has 31 heavy (non-hydrogen) atoms. The quantitative estimate of drug-likeness (QED) is 0.701. The maximum atomic E-state index is 11.6. The molecule has 0 saturated heterocycles. The minimum absolute atomic E-state index is 0.0321. The van der Waals surface area contributed by atoms with Crippen molar-refractivity contribution in [3.8, 4) is 0 Å². The van der Waals surface area contributed by atoms with E-state index < -0.39 is 5.91 Å². The molecular weight excluding hydrogens is 386 g/mol. The zero-order valence-electron chi connectivity index (χ0n) is 18.3. The molecule has 3 aliphatic rings. The van der Waals surface area contributed by atoms with Gasteiger partial charge in [-0.15, -0.1) is 0 Å². The van der Waals surface area contributed by atoms with Gasteiger partial charge in [-0.1, -0.05) is 37.3 Å². The second-order valence-corrected chi connectivity index (χ2v) is 10.4. The van der Waals surface area contributed by atoms with E-state index in [0.29, 0.717) is 23.3 Å². The molecule has 0 radical (unpaired) electrons. The summed E-state index contributed by atoms with van der Waals surface area (Å²) in [5, 5.41) is 20.9. The van der Waals surface area contributed by atoms with Crippen molar-refractivity contribution in [3.05, 3.63) is 70.3 Å². The zero-order chi connectivity index (χ0) is 21.8. The number of hydrogen-bond donors (Lipinski definition) is 3. The molecule has 0 bridgehead atoms. The van der Waals surface area contributed by atoms with Gasteiger partial charge in [0.2, 0.25) is 5.91 Å². The number of aliphatic hydroxyl groups is 2. The Balaban J connectivity index is 1.39. The van der Waals surface area contributed by atoms with Gasteiger partial charge in [0, 0.05) is 5.56 Å². The molecule has 0 heterocycles. The molecule has 1 amide bonds. The van der Waals surface area contributed by atoms with Crippen LogP contribution in [0.4, 0.5) is 0 Å². The Labute approximate surface area is 184 Å². The third-order valence-electron chi connectivity index (χ3n) is 8.80. The van der Waals surface area contributed by atoms with Crippen LogP contribution in [0.25, 0.3) is 0 Å². The van der Waals surface area contributed by atoms with Crippen LogP contribution in [0.5, 0.6) is 0 Å². The zero-order valence-corrected chi connectivity index (χ0v) is 18.3. The molecule has 2 aromatic rings. The second-order valence-electron chi connectivity index (χ2n) is 10.4. The van der Waals surface area contributed by atoms with Gasteiger partial charge in [0.15, 0.2) is 0 Å². The molecule has 164 valence electrons. The van der Waals surface area contributed by atoms with Gasteiger partial charge in [0.1, 0.15) is 0 Å². The predicted molar refractivity (Wildman–Crippen MR) is 121 cm³/mol. The lowest BCUT2D eigenvalue weighted by molar-refractivity contribution is -0.0325. The molecule has 5 rings (SSSR count). The highest BCUT2D eigenvalue weighted by Gasteiger charge is 2.57. The molecule has 2 saturated carbocycles. The first-order chi connectivity index (χ1) is 14.9. The van der Waals surface area contributed by atoms with Crippen molar-refractivity contribution in [1.29, 1.82) is 0 Å². The van der Waals surface area contributed by atoms with E-state index in [1.807, 2.05) is 18.2 Å². The van der Waals surface area contributed by atoms with E-state index in [2.05, 4.69) is 25.1 Å². The van der Waals surface area contributed by atoms with Crippen molar-refractivity contribution in [2.45, 2.75) is 64.1 Å². The fourth-order valence-corrected chi connectivity index (χ4v) is 7.24. The summed E-state index contributed by atoms with van der Waals surface area (Å²) in [4.78, 5) is 11.6. The Morgan fingerprint density at radius 3 is 2.77 bits per heavy atom. The van der Waals surface area contributed by atoms with Gasteiger partial charge in [-0.3, -0.25) is 4.79 Å². The van der Waals surface area contributed by atoms with Gasteiger partial charge in [-0.05, 0) is 102 Å². The van der Waals surface area contributed by atoms with Crippen LogP contribution in [-0.4, -0.2) is 22.2 Å². The summed E-state index contributed by atoms with van der Waals surface area (Å²) < 4.78 is 0. The first kappa shape index (κ1) is 20.7. The van der Waals surface area contributed by atoms with Crippen molar-refractivity contribution in [2.75, 3.05) is 0 Å². The third kappa shape index (κ3) is 3.41. The van der Waals surface area contributed by atoms with Crippen LogP contribution < -0.4 is 5.73 Å². The Kier molecular flexibility index (Phi) is 5.18. The van der Waals surface area contributed by atoms with Crippen LogP contribution in [0.1, 0.15) is 71.1 Å². The minimum Gasteiger partial charge on any atom is -0.392 e. The smallest absolute Gasteiger partial charge is 0.248 e. The summed E-state index contributed by atoms with van der Waals surface area (Å²) in [7, 11) is 0. The molecule has 0 aliphatic heterocycles. The summed E-state index contributed by atoms with van der Waals surface area (Å²) in [6.07, 6.45) is 5.95. The van der Waals surface area contributed by atoms with Crippen LogP contribution in [-0.2, 0) is 19.4 Å². The van der Waals surface area contributed by atoms with Gasteiger partial charge in [-0.25, -0.2) is 0 Å². The lowest BCUT2D eigenvalue weighted by Crippen LogP contribution is -2.44. The number of primary amides is 1. The molecular formula is C27H33NO3. The summed E-state index contributed by atoms with van der Waals surface area (Å²) >= 11 is 0. The summed E-state index contributed by atoms with van der Waals surface area (Å²) in [5.41, 5.74) is 11.0. The topological polar surface area (TPSA) is 83.5 Å². The largest absolute Gasteiger partial charge is 0.392 e. The number of hydrogen-bond acceptors (Lipinski definition) is 3. The van der Waals surface area contributed by atoms with Gasteiger partial charge in [-0.2, -0.15) is 0 Å². The number of aliphatic hydroxyl groups excluding tert-OH is 2. The van der Waals surface area contributed by atoms with Gasteiger partial charge < -0.3 is 15.9 Å². The molecule has 4 nitrogen and oxygen atoms in total. The second kappa shape index (κ2) is 7.75. The normalized spacial score (nSPS) is 34.0. The first-order valence-corrected chi connectivity index (χ1v) is 11.7. The molecule has 3 aliphatic carbocycles. The third-order valence-corrected chi connectivity index (χ3v) is 8.80. The fraction of sp³-hybridized carbons (Fsp3) is 0.519. The highest BCUT2D eigenvalue weighted by Crippen LogP contribution is 2.62. The van der Waals surface area contributed by atoms with E-state index in [1.165, 1.54) is 17.5 Å². The molecule has 3 unspecified atom stereocenters. The number of aryl methyl sites for hydroxylation is 1. The highest BCUT2D eigenvalue weighted by molar-refractivity contribution is 5.92. The van der Waals surface area contributed by atoms with Crippen molar-refractivity contribution in [1.82, 2.24) is 0 Å². The summed E-state index contributed by atoms with van der Waals surface area (Å²) in [6.45, 7) is 2.41. The van der Waals surface area contributed by atoms with E-state index in [0.717, 1.165) is 43.2 Å². The SMILES string of the molecule is C[C@]12CCC3c4ccc(CO)cc4CCC3C1C[C@H](Cc1cccc(C(N)=O)c1)[C@@H]2O. The number of nitrogens with two attached hydrogens (primary N) is 1. The van der Waals surface area contributed by atoms with Crippen molar-refractivity contribution in [2.24, 2.45) is 28.9 Å². The number of amides is 1. The Morgan fingerprint density at radius 1 is 1.16 bits per heavy atom. The number of rotatable bonds is 4. The van der Waals surface area contributed by atoms with Crippen LogP contribution >= 0.6 is 0 Å². The molecule has 4 N–H and O–H groups in total. The average Bonchev–Trinajstić information content (AvgIpc) is 3.03. The molecule has 6 atom stereocenters. The van der Waals surface area contributed by atoms with Crippen molar-refractivity contribution < 1.29 is 15.0 Å². The number of carbonyl (C=O) groups is 1. The van der Waals surface area contributed by atoms with Gasteiger partial charge >= 0.3 is 0 Å². The number of carbonyl (C=O) groups excluding carboxylic acids is 1. The average molecular weight is 420 g/mol. The Hall–Kier alpha value is -2.17. The maximum absolute atomic E-state index is 11.6. The molecule has 2 aromatic carbocycles. The first-order valence-electron chi connectivity index (χ1n) is 11.7. The number of fused-ring (bicyclic) bond motifs is 5.